The lowest BCUT2D eigenvalue weighted by atomic mass is 9.44. The van der Waals surface area contributed by atoms with Crippen LogP contribution in [0.2, 0.25) is 0 Å². The highest BCUT2D eigenvalue weighted by molar-refractivity contribution is 5.92. The molecule has 3 N–H and O–H groups in total. The van der Waals surface area contributed by atoms with Crippen molar-refractivity contribution in [3.8, 4) is 0 Å². The van der Waals surface area contributed by atoms with Crippen LogP contribution in [-0.4, -0.2) is 16.9 Å². The van der Waals surface area contributed by atoms with Gasteiger partial charge in [0.2, 0.25) is 0 Å². The molecule has 22 heavy (non-hydrogen) atoms. The first-order valence-corrected chi connectivity index (χ1v) is 9.46. The first-order valence-electron chi connectivity index (χ1n) is 9.46. The van der Waals surface area contributed by atoms with Crippen LogP contribution in [0.3, 0.4) is 0 Å². The van der Waals surface area contributed by atoms with Gasteiger partial charge in [-0.2, -0.15) is 5.10 Å². The monoisotopic (exact) mass is 304 g/mol. The second kappa shape index (κ2) is 4.96. The molecule has 0 saturated heterocycles. The molecular weight excluding hydrogens is 272 g/mol. The third-order valence-corrected chi connectivity index (χ3v) is 8.49. The van der Waals surface area contributed by atoms with E-state index < -0.39 is 0 Å². The van der Waals surface area contributed by atoms with E-state index in [2.05, 4.69) is 18.9 Å². The molecule has 0 aliphatic heterocycles. The Morgan fingerprint density at radius 3 is 2.64 bits per heavy atom. The summed E-state index contributed by atoms with van der Waals surface area (Å²) in [6, 6.07) is 0. The van der Waals surface area contributed by atoms with Crippen LogP contribution >= 0.6 is 0 Å². The maximum absolute atomic E-state index is 10.9. The molecule has 0 aromatic heterocycles. The number of hydrazone groups is 1. The Labute approximate surface area is 134 Å². The average molecular weight is 304 g/mol. The zero-order valence-corrected chi connectivity index (χ0v) is 14.2. The van der Waals surface area contributed by atoms with Crippen LogP contribution in [0.25, 0.3) is 0 Å². The smallest absolute Gasteiger partial charge is 0.0576 e. The zero-order valence-electron chi connectivity index (χ0n) is 14.2. The number of hydrogen-bond donors (Lipinski definition) is 2. The topological polar surface area (TPSA) is 58.6 Å². The van der Waals surface area contributed by atoms with Crippen LogP contribution in [-0.2, 0) is 0 Å². The summed E-state index contributed by atoms with van der Waals surface area (Å²) < 4.78 is 0. The van der Waals surface area contributed by atoms with Crippen molar-refractivity contribution in [2.75, 3.05) is 0 Å². The minimum atomic E-state index is -0.0761. The van der Waals surface area contributed by atoms with Crippen LogP contribution < -0.4 is 5.84 Å². The van der Waals surface area contributed by atoms with Gasteiger partial charge in [-0.3, -0.25) is 0 Å². The Balaban J connectivity index is 1.69. The molecule has 3 heteroatoms. The molecular formula is C19H32N2O. The van der Waals surface area contributed by atoms with Crippen LogP contribution in [0.15, 0.2) is 5.10 Å². The predicted octanol–water partition coefficient (Wildman–Crippen LogP) is 3.70. The summed E-state index contributed by atoms with van der Waals surface area (Å²) in [6.07, 6.45) is 11.1. The Bertz CT molecular complexity index is 490. The molecule has 0 radical (unpaired) electrons. The van der Waals surface area contributed by atoms with Crippen LogP contribution in [0.5, 0.6) is 0 Å². The zero-order chi connectivity index (χ0) is 15.5. The van der Waals surface area contributed by atoms with E-state index >= 15 is 0 Å². The van der Waals surface area contributed by atoms with E-state index in [1.807, 2.05) is 0 Å². The summed E-state index contributed by atoms with van der Waals surface area (Å²) in [7, 11) is 0. The minimum Gasteiger partial charge on any atom is -0.393 e. The fourth-order valence-electron chi connectivity index (χ4n) is 7.36. The van der Waals surface area contributed by atoms with Gasteiger partial charge in [-0.05, 0) is 74.0 Å². The van der Waals surface area contributed by atoms with Gasteiger partial charge in [-0.15, -0.1) is 0 Å². The second-order valence-electron chi connectivity index (χ2n) is 9.11. The van der Waals surface area contributed by atoms with Gasteiger partial charge in [-0.1, -0.05) is 26.7 Å². The summed E-state index contributed by atoms with van der Waals surface area (Å²) >= 11 is 0. The standard InChI is InChI=1S/C19H32N2O/c1-18-9-4-3-5-15(18)16(22)11-12-13-6-7-17(21-20)19(13,2)10-8-14(12)18/h12-16,22H,3-11,20H2,1-2H3/b21-17-/t12-,13-,14?,15?,16?,18+,19-/m0/s1. The van der Waals surface area contributed by atoms with Gasteiger partial charge in [0.1, 0.15) is 0 Å². The molecule has 4 saturated carbocycles. The summed E-state index contributed by atoms with van der Waals surface area (Å²) in [5.74, 6) is 8.44. The van der Waals surface area contributed by atoms with Gasteiger partial charge < -0.3 is 10.9 Å². The lowest BCUT2D eigenvalue weighted by Crippen LogP contribution is -2.57. The largest absolute Gasteiger partial charge is 0.393 e. The highest BCUT2D eigenvalue weighted by atomic mass is 16.3. The lowest BCUT2D eigenvalue weighted by Gasteiger charge is -2.61. The van der Waals surface area contributed by atoms with Crippen molar-refractivity contribution in [3.05, 3.63) is 0 Å². The van der Waals surface area contributed by atoms with Crippen molar-refractivity contribution in [2.45, 2.75) is 77.7 Å². The van der Waals surface area contributed by atoms with E-state index in [1.54, 1.807) is 0 Å². The van der Waals surface area contributed by atoms with Gasteiger partial charge in [0.15, 0.2) is 0 Å². The van der Waals surface area contributed by atoms with E-state index in [0.29, 0.717) is 23.2 Å². The molecule has 3 unspecified atom stereocenters. The van der Waals surface area contributed by atoms with E-state index in [1.165, 1.54) is 50.7 Å². The fraction of sp³-hybridized carbons (Fsp3) is 0.947. The number of rotatable bonds is 0. The molecule has 4 aliphatic rings. The molecule has 0 aromatic rings. The quantitative estimate of drug-likeness (QED) is 0.529. The summed E-state index contributed by atoms with van der Waals surface area (Å²) in [5.41, 5.74) is 1.85. The third-order valence-electron chi connectivity index (χ3n) is 8.49. The predicted molar refractivity (Wildman–Crippen MR) is 89.4 cm³/mol. The normalized spacial score (nSPS) is 56.3. The average Bonchev–Trinajstić information content (AvgIpc) is 2.84. The first-order chi connectivity index (χ1) is 10.5. The second-order valence-corrected chi connectivity index (χ2v) is 9.11. The van der Waals surface area contributed by atoms with Crippen molar-refractivity contribution in [3.63, 3.8) is 0 Å². The molecule has 4 aliphatic carbocycles. The number of fused-ring (bicyclic) bond motifs is 5. The lowest BCUT2D eigenvalue weighted by molar-refractivity contribution is -0.147. The molecule has 124 valence electrons. The number of nitrogens with zero attached hydrogens (tertiary/aromatic N) is 1. The summed E-state index contributed by atoms with van der Waals surface area (Å²) in [5, 5.41) is 15.0. The van der Waals surface area contributed by atoms with Crippen molar-refractivity contribution < 1.29 is 5.11 Å². The molecule has 7 atom stereocenters. The van der Waals surface area contributed by atoms with Gasteiger partial charge in [0, 0.05) is 11.1 Å². The minimum absolute atomic E-state index is 0.0761. The van der Waals surface area contributed by atoms with Crippen molar-refractivity contribution in [2.24, 2.45) is 45.4 Å². The van der Waals surface area contributed by atoms with Gasteiger partial charge in [0.05, 0.1) is 6.10 Å². The molecule has 0 heterocycles. The van der Waals surface area contributed by atoms with Crippen LogP contribution in [0.4, 0.5) is 0 Å². The van der Waals surface area contributed by atoms with E-state index in [9.17, 15) is 5.11 Å². The van der Waals surface area contributed by atoms with Crippen molar-refractivity contribution in [1.29, 1.82) is 0 Å². The number of nitrogens with two attached hydrogens (primary N) is 1. The number of aliphatic hydroxyl groups is 1. The Kier molecular flexibility index (Phi) is 3.38. The number of hydrogen-bond acceptors (Lipinski definition) is 3. The summed E-state index contributed by atoms with van der Waals surface area (Å²) in [4.78, 5) is 0. The summed E-state index contributed by atoms with van der Waals surface area (Å²) in [6.45, 7) is 4.90. The van der Waals surface area contributed by atoms with Crippen LogP contribution in [0, 0.1) is 34.5 Å². The molecule has 0 aromatic carbocycles. The maximum atomic E-state index is 10.9. The van der Waals surface area contributed by atoms with E-state index in [-0.39, 0.29) is 11.5 Å². The third kappa shape index (κ3) is 1.81. The number of aliphatic hydroxyl groups excluding tert-OH is 1. The molecule has 4 fully saturated rings. The van der Waals surface area contributed by atoms with Crippen LogP contribution in [0.1, 0.15) is 71.6 Å². The van der Waals surface area contributed by atoms with Crippen molar-refractivity contribution in [1.82, 2.24) is 0 Å². The Morgan fingerprint density at radius 2 is 1.86 bits per heavy atom. The van der Waals surface area contributed by atoms with Crippen molar-refractivity contribution >= 4 is 5.71 Å². The van der Waals surface area contributed by atoms with Gasteiger partial charge in [-0.25, -0.2) is 0 Å². The van der Waals surface area contributed by atoms with Gasteiger partial charge in [0.25, 0.3) is 0 Å². The SMILES string of the molecule is C[C@]12CCCCC1C(O)C[C@@H]1C2CC[C@]2(C)/C(=N\N)CC[C@@H]12. The molecule has 3 nitrogen and oxygen atoms in total. The highest BCUT2D eigenvalue weighted by Crippen LogP contribution is 2.65. The Hall–Kier alpha value is -0.570. The molecule has 0 spiro atoms. The highest BCUT2D eigenvalue weighted by Gasteiger charge is 2.60. The van der Waals surface area contributed by atoms with E-state index in [0.717, 1.165) is 18.8 Å². The van der Waals surface area contributed by atoms with Gasteiger partial charge >= 0.3 is 0 Å². The molecule has 4 rings (SSSR count). The molecule has 0 amide bonds. The maximum Gasteiger partial charge on any atom is 0.0576 e. The Morgan fingerprint density at radius 1 is 1.05 bits per heavy atom. The fourth-order valence-corrected chi connectivity index (χ4v) is 7.36. The van der Waals surface area contributed by atoms with E-state index in [4.69, 9.17) is 5.84 Å². The first kappa shape index (κ1) is 15.0. The molecule has 0 bridgehead atoms.